The molecule has 2 bridgehead atoms. The van der Waals surface area contributed by atoms with E-state index in [1.807, 2.05) is 36.4 Å². The maximum Gasteiger partial charge on any atom is 0.159 e. The Morgan fingerprint density at radius 1 is 1.05 bits per heavy atom. The number of benzene rings is 1. The van der Waals surface area contributed by atoms with Crippen LogP contribution in [0, 0.1) is 17.3 Å². The second-order valence-corrected chi connectivity index (χ2v) is 6.34. The first kappa shape index (κ1) is 13.1. The predicted octanol–water partition coefficient (Wildman–Crippen LogP) is 4.43. The molecule has 1 aromatic carbocycles. The predicted molar refractivity (Wildman–Crippen MR) is 83.1 cm³/mol. The minimum Gasteiger partial charge on any atom is -0.295 e. The fraction of sp³-hybridized carbons (Fsp3) is 0.316. The number of carbonyl (C=O) groups is 1. The van der Waals surface area contributed by atoms with Crippen LogP contribution in [-0.4, -0.2) is 5.78 Å². The normalized spacial score (nSPS) is 27.7. The van der Waals surface area contributed by atoms with Crippen molar-refractivity contribution in [1.29, 1.82) is 0 Å². The third-order valence-electron chi connectivity index (χ3n) is 4.81. The second-order valence-electron chi connectivity index (χ2n) is 6.34. The van der Waals surface area contributed by atoms with Gasteiger partial charge in [0, 0.05) is 5.92 Å². The summed E-state index contributed by atoms with van der Waals surface area (Å²) in [5.41, 5.74) is 2.53. The van der Waals surface area contributed by atoms with E-state index in [2.05, 4.69) is 38.1 Å². The van der Waals surface area contributed by atoms with Crippen LogP contribution in [0.2, 0.25) is 0 Å². The van der Waals surface area contributed by atoms with E-state index in [4.69, 9.17) is 0 Å². The van der Waals surface area contributed by atoms with Gasteiger partial charge in [-0.05, 0) is 35.0 Å². The first-order chi connectivity index (χ1) is 9.59. The van der Waals surface area contributed by atoms with Gasteiger partial charge in [-0.3, -0.25) is 4.79 Å². The molecule has 1 aromatic rings. The van der Waals surface area contributed by atoms with Crippen molar-refractivity contribution in [3.05, 3.63) is 65.8 Å². The van der Waals surface area contributed by atoms with Gasteiger partial charge in [0.15, 0.2) is 5.78 Å². The fourth-order valence-corrected chi connectivity index (χ4v) is 3.40. The van der Waals surface area contributed by atoms with Crippen molar-refractivity contribution in [3.63, 3.8) is 0 Å². The molecule has 0 spiro atoms. The smallest absolute Gasteiger partial charge is 0.159 e. The van der Waals surface area contributed by atoms with E-state index >= 15 is 0 Å². The topological polar surface area (TPSA) is 17.1 Å². The van der Waals surface area contributed by atoms with Crippen LogP contribution in [0.15, 0.2) is 60.2 Å². The molecular weight excluding hydrogens is 244 g/mol. The highest BCUT2D eigenvalue weighted by Crippen LogP contribution is 2.58. The summed E-state index contributed by atoms with van der Waals surface area (Å²) in [6.45, 7) is 4.43. The number of ketones is 1. The lowest BCUT2D eigenvalue weighted by Crippen LogP contribution is -2.52. The molecule has 0 radical (unpaired) electrons. The maximum atomic E-state index is 12.0. The number of rotatable bonds is 3. The van der Waals surface area contributed by atoms with Crippen LogP contribution in [-0.2, 0) is 4.79 Å². The van der Waals surface area contributed by atoms with E-state index in [0.717, 1.165) is 6.42 Å². The van der Waals surface area contributed by atoms with E-state index in [1.54, 1.807) is 0 Å². The summed E-state index contributed by atoms with van der Waals surface area (Å²) in [6, 6.07) is 10.2. The van der Waals surface area contributed by atoms with Crippen LogP contribution in [0.1, 0.15) is 25.8 Å². The minimum atomic E-state index is 0.147. The average Bonchev–Trinajstić information content (AvgIpc) is 2.43. The summed E-state index contributed by atoms with van der Waals surface area (Å²) < 4.78 is 0. The molecule has 0 amide bonds. The summed E-state index contributed by atoms with van der Waals surface area (Å²) in [7, 11) is 0. The van der Waals surface area contributed by atoms with Gasteiger partial charge in [-0.1, -0.05) is 68.5 Å². The van der Waals surface area contributed by atoms with Crippen molar-refractivity contribution >= 4 is 11.9 Å². The second kappa shape index (κ2) is 4.90. The molecule has 0 heterocycles. The van der Waals surface area contributed by atoms with Crippen LogP contribution in [0.25, 0.3) is 6.08 Å². The quantitative estimate of drug-likeness (QED) is 0.738. The van der Waals surface area contributed by atoms with Crippen molar-refractivity contribution in [1.82, 2.24) is 0 Å². The maximum absolute atomic E-state index is 12.0. The number of fused-ring (bicyclic) bond motifs is 1. The molecule has 20 heavy (non-hydrogen) atoms. The van der Waals surface area contributed by atoms with Gasteiger partial charge in [0.25, 0.3) is 0 Å². The molecule has 0 saturated heterocycles. The van der Waals surface area contributed by atoms with Crippen molar-refractivity contribution in [2.45, 2.75) is 20.3 Å². The van der Waals surface area contributed by atoms with Crippen molar-refractivity contribution < 1.29 is 4.79 Å². The molecule has 1 saturated carbocycles. The Morgan fingerprint density at radius 2 is 1.75 bits per heavy atom. The molecule has 1 heteroatoms. The lowest BCUT2D eigenvalue weighted by molar-refractivity contribution is -0.133. The standard InChI is InChI=1S/C19H20O/c1-19(2)16-13-17(19)18(20)12-15(16)11-7-6-10-14-8-4-3-5-9-14/h3-12,16-17H,13H2,1-2H3/b10-6+,11-7+/t16-,17+/m0/s1. The van der Waals surface area contributed by atoms with E-state index in [0.29, 0.717) is 11.7 Å². The summed E-state index contributed by atoms with van der Waals surface area (Å²) >= 11 is 0. The summed E-state index contributed by atoms with van der Waals surface area (Å²) in [5, 5.41) is 0. The summed E-state index contributed by atoms with van der Waals surface area (Å²) in [6.07, 6.45) is 11.1. The Balaban J connectivity index is 1.71. The van der Waals surface area contributed by atoms with E-state index < -0.39 is 0 Å². The average molecular weight is 264 g/mol. The molecule has 2 atom stereocenters. The van der Waals surface area contributed by atoms with Gasteiger partial charge in [-0.2, -0.15) is 0 Å². The molecule has 1 fully saturated rings. The number of carbonyl (C=O) groups excluding carboxylic acids is 1. The zero-order valence-electron chi connectivity index (χ0n) is 12.0. The van der Waals surface area contributed by atoms with Gasteiger partial charge >= 0.3 is 0 Å². The zero-order chi connectivity index (χ0) is 14.2. The largest absolute Gasteiger partial charge is 0.295 e. The highest BCUT2D eigenvalue weighted by molar-refractivity contribution is 5.96. The number of hydrogen-bond donors (Lipinski definition) is 0. The van der Waals surface area contributed by atoms with E-state index in [9.17, 15) is 4.79 Å². The molecule has 0 N–H and O–H groups in total. The molecule has 0 unspecified atom stereocenters. The Bertz CT molecular complexity index is 602. The third kappa shape index (κ3) is 2.18. The van der Waals surface area contributed by atoms with Crippen LogP contribution in [0.5, 0.6) is 0 Å². The lowest BCUT2D eigenvalue weighted by atomic mass is 9.48. The highest BCUT2D eigenvalue weighted by atomic mass is 16.1. The van der Waals surface area contributed by atoms with Crippen molar-refractivity contribution in [2.24, 2.45) is 17.3 Å². The molecule has 4 rings (SSSR count). The van der Waals surface area contributed by atoms with E-state index in [-0.39, 0.29) is 11.3 Å². The van der Waals surface area contributed by atoms with Crippen LogP contribution in [0.3, 0.4) is 0 Å². The Kier molecular flexibility index (Phi) is 3.21. The van der Waals surface area contributed by atoms with E-state index in [1.165, 1.54) is 11.1 Å². The minimum absolute atomic E-state index is 0.147. The monoisotopic (exact) mass is 264 g/mol. The van der Waals surface area contributed by atoms with Crippen molar-refractivity contribution in [3.8, 4) is 0 Å². The molecule has 3 aliphatic rings. The molecular formula is C19H20O. The molecule has 102 valence electrons. The Hall–Kier alpha value is -1.89. The Morgan fingerprint density at radius 3 is 2.40 bits per heavy atom. The lowest BCUT2D eigenvalue weighted by Gasteiger charge is -2.54. The SMILES string of the molecule is CC1(C)[C@@H]2C[C@H]1C(/C=C/C=C/c1ccccc1)=CC2=O. The van der Waals surface area contributed by atoms with Gasteiger partial charge in [0.05, 0.1) is 0 Å². The molecule has 3 aliphatic carbocycles. The van der Waals surface area contributed by atoms with Crippen LogP contribution >= 0.6 is 0 Å². The van der Waals surface area contributed by atoms with Crippen molar-refractivity contribution in [2.75, 3.05) is 0 Å². The third-order valence-corrected chi connectivity index (χ3v) is 4.81. The van der Waals surface area contributed by atoms with Gasteiger partial charge < -0.3 is 0 Å². The van der Waals surface area contributed by atoms with Gasteiger partial charge in [0.1, 0.15) is 0 Å². The first-order valence-electron chi connectivity index (χ1n) is 7.24. The molecule has 0 aliphatic heterocycles. The van der Waals surface area contributed by atoms with Gasteiger partial charge in [-0.15, -0.1) is 0 Å². The van der Waals surface area contributed by atoms with Gasteiger partial charge in [-0.25, -0.2) is 0 Å². The molecule has 0 aromatic heterocycles. The molecule has 1 nitrogen and oxygen atoms in total. The number of hydrogen-bond acceptors (Lipinski definition) is 1. The van der Waals surface area contributed by atoms with Gasteiger partial charge in [0.2, 0.25) is 0 Å². The highest BCUT2D eigenvalue weighted by Gasteiger charge is 2.54. The number of allylic oxidation sites excluding steroid dienone is 5. The summed E-state index contributed by atoms with van der Waals surface area (Å²) in [4.78, 5) is 12.0. The fourth-order valence-electron chi connectivity index (χ4n) is 3.40. The van der Waals surface area contributed by atoms with Crippen LogP contribution < -0.4 is 0 Å². The summed E-state index contributed by atoms with van der Waals surface area (Å²) in [5.74, 6) is 1.11. The van der Waals surface area contributed by atoms with Crippen LogP contribution in [0.4, 0.5) is 0 Å². The first-order valence-corrected chi connectivity index (χ1v) is 7.24. The zero-order valence-corrected chi connectivity index (χ0v) is 12.0. The Labute approximate surface area is 120 Å².